The second kappa shape index (κ2) is 6.02. The molecule has 0 saturated heterocycles. The first kappa shape index (κ1) is 13.2. The van der Waals surface area contributed by atoms with Crippen molar-refractivity contribution in [2.75, 3.05) is 13.6 Å². The lowest BCUT2D eigenvalue weighted by Gasteiger charge is -2.26. The molecular weight excluding hydrogens is 198 g/mol. The van der Waals surface area contributed by atoms with Crippen molar-refractivity contribution in [1.29, 1.82) is 0 Å². The molecule has 0 aromatic heterocycles. The molecule has 0 bridgehead atoms. The van der Waals surface area contributed by atoms with Crippen molar-refractivity contribution in [3.8, 4) is 0 Å². The molecule has 1 aromatic rings. The van der Waals surface area contributed by atoms with Crippen LogP contribution in [0.25, 0.3) is 0 Å². The number of aliphatic hydroxyl groups excluding tert-OH is 1. The van der Waals surface area contributed by atoms with Crippen LogP contribution in [0, 0.1) is 6.92 Å². The highest BCUT2D eigenvalue weighted by Gasteiger charge is 2.15. The maximum absolute atomic E-state index is 10.2. The third kappa shape index (κ3) is 3.32. The first-order chi connectivity index (χ1) is 7.56. The van der Waals surface area contributed by atoms with Gasteiger partial charge in [0.25, 0.3) is 0 Å². The molecule has 0 fully saturated rings. The molecule has 0 aliphatic rings. The highest BCUT2D eigenvalue weighted by Crippen LogP contribution is 2.18. The molecule has 2 heteroatoms. The minimum absolute atomic E-state index is 0.389. The van der Waals surface area contributed by atoms with E-state index < -0.39 is 0 Å². The van der Waals surface area contributed by atoms with Gasteiger partial charge in [-0.25, -0.2) is 0 Å². The van der Waals surface area contributed by atoms with Crippen molar-refractivity contribution >= 4 is 0 Å². The van der Waals surface area contributed by atoms with E-state index in [0.29, 0.717) is 12.6 Å². The van der Waals surface area contributed by atoms with E-state index in [1.165, 1.54) is 0 Å². The fourth-order valence-corrected chi connectivity index (χ4v) is 1.82. The number of nitrogens with zero attached hydrogens (tertiary/aromatic N) is 1. The van der Waals surface area contributed by atoms with Crippen molar-refractivity contribution in [2.45, 2.75) is 39.3 Å². The van der Waals surface area contributed by atoms with Crippen LogP contribution in [0.5, 0.6) is 0 Å². The Bertz CT molecular complexity index is 324. The van der Waals surface area contributed by atoms with Gasteiger partial charge in [0, 0.05) is 12.6 Å². The number of aliphatic hydroxyl groups is 1. The van der Waals surface area contributed by atoms with Crippen LogP contribution < -0.4 is 0 Å². The molecule has 2 atom stereocenters. The number of benzene rings is 1. The molecule has 0 heterocycles. The molecule has 0 spiro atoms. The molecule has 1 aromatic carbocycles. The predicted molar refractivity (Wildman–Crippen MR) is 68.5 cm³/mol. The number of hydrogen-bond donors (Lipinski definition) is 1. The minimum atomic E-state index is -0.389. The summed E-state index contributed by atoms with van der Waals surface area (Å²) in [5, 5.41) is 10.2. The molecule has 0 amide bonds. The summed E-state index contributed by atoms with van der Waals surface area (Å²) in [4.78, 5) is 2.21. The molecule has 2 unspecified atom stereocenters. The summed E-state index contributed by atoms with van der Waals surface area (Å²) >= 11 is 0. The zero-order chi connectivity index (χ0) is 12.1. The number of rotatable bonds is 5. The van der Waals surface area contributed by atoms with Gasteiger partial charge in [0.15, 0.2) is 0 Å². The lowest BCUT2D eigenvalue weighted by atomic mass is 10.0. The Hall–Kier alpha value is -0.860. The third-order valence-electron chi connectivity index (χ3n) is 3.35. The van der Waals surface area contributed by atoms with Crippen LogP contribution in [-0.4, -0.2) is 29.6 Å². The average molecular weight is 221 g/mol. The zero-order valence-corrected chi connectivity index (χ0v) is 10.8. The van der Waals surface area contributed by atoms with Gasteiger partial charge in [0.05, 0.1) is 6.10 Å². The quantitative estimate of drug-likeness (QED) is 0.826. The predicted octanol–water partition coefficient (Wildman–Crippen LogP) is 2.76. The van der Waals surface area contributed by atoms with Gasteiger partial charge in [-0.3, -0.25) is 0 Å². The van der Waals surface area contributed by atoms with E-state index in [-0.39, 0.29) is 6.10 Å². The van der Waals surface area contributed by atoms with Gasteiger partial charge < -0.3 is 10.0 Å². The lowest BCUT2D eigenvalue weighted by molar-refractivity contribution is 0.107. The first-order valence-corrected chi connectivity index (χ1v) is 6.00. The fourth-order valence-electron chi connectivity index (χ4n) is 1.82. The average Bonchev–Trinajstić information content (AvgIpc) is 2.28. The van der Waals surface area contributed by atoms with E-state index in [4.69, 9.17) is 0 Å². The van der Waals surface area contributed by atoms with E-state index in [9.17, 15) is 5.11 Å². The van der Waals surface area contributed by atoms with Gasteiger partial charge in [0.2, 0.25) is 0 Å². The fraction of sp³-hybridized carbons (Fsp3) is 0.571. The Labute approximate surface area is 98.9 Å². The highest BCUT2D eigenvalue weighted by molar-refractivity contribution is 5.27. The Morgan fingerprint density at radius 3 is 2.50 bits per heavy atom. The SMILES string of the molecule is CCC(C)N(C)CC(O)c1ccccc1C. The van der Waals surface area contributed by atoms with Gasteiger partial charge in [-0.05, 0) is 38.4 Å². The van der Waals surface area contributed by atoms with E-state index in [1.54, 1.807) is 0 Å². The lowest BCUT2D eigenvalue weighted by Crippen LogP contribution is -2.32. The van der Waals surface area contributed by atoms with Crippen LogP contribution in [0.3, 0.4) is 0 Å². The Morgan fingerprint density at radius 1 is 1.31 bits per heavy atom. The highest BCUT2D eigenvalue weighted by atomic mass is 16.3. The van der Waals surface area contributed by atoms with Gasteiger partial charge in [-0.15, -0.1) is 0 Å². The summed E-state index contributed by atoms with van der Waals surface area (Å²) < 4.78 is 0. The molecule has 90 valence electrons. The molecule has 1 N–H and O–H groups in total. The van der Waals surface area contributed by atoms with Crippen molar-refractivity contribution < 1.29 is 5.11 Å². The van der Waals surface area contributed by atoms with Gasteiger partial charge >= 0.3 is 0 Å². The van der Waals surface area contributed by atoms with Crippen LogP contribution in [0.1, 0.15) is 37.5 Å². The summed E-state index contributed by atoms with van der Waals surface area (Å²) in [5.41, 5.74) is 2.20. The second-order valence-corrected chi connectivity index (χ2v) is 4.57. The molecular formula is C14H23NO. The largest absolute Gasteiger partial charge is 0.387 e. The van der Waals surface area contributed by atoms with Crippen LogP contribution in [-0.2, 0) is 0 Å². The minimum Gasteiger partial charge on any atom is -0.387 e. The molecule has 1 rings (SSSR count). The van der Waals surface area contributed by atoms with Crippen LogP contribution >= 0.6 is 0 Å². The summed E-state index contributed by atoms with van der Waals surface area (Å²) in [5.74, 6) is 0. The van der Waals surface area contributed by atoms with E-state index in [1.807, 2.05) is 31.2 Å². The summed E-state index contributed by atoms with van der Waals surface area (Å²) in [6.45, 7) is 7.09. The maximum Gasteiger partial charge on any atom is 0.0919 e. The van der Waals surface area contributed by atoms with E-state index >= 15 is 0 Å². The zero-order valence-electron chi connectivity index (χ0n) is 10.8. The van der Waals surface area contributed by atoms with Crippen LogP contribution in [0.15, 0.2) is 24.3 Å². The molecule has 0 radical (unpaired) electrons. The number of likely N-dealkylation sites (N-methyl/N-ethyl adjacent to an activating group) is 1. The van der Waals surface area contributed by atoms with E-state index in [0.717, 1.165) is 17.5 Å². The topological polar surface area (TPSA) is 23.5 Å². The first-order valence-electron chi connectivity index (χ1n) is 6.00. The molecule has 0 saturated carbocycles. The smallest absolute Gasteiger partial charge is 0.0919 e. The van der Waals surface area contributed by atoms with Gasteiger partial charge in [0.1, 0.15) is 0 Å². The molecule has 0 aliphatic carbocycles. The van der Waals surface area contributed by atoms with Crippen molar-refractivity contribution in [3.05, 3.63) is 35.4 Å². The van der Waals surface area contributed by atoms with Crippen LogP contribution in [0.4, 0.5) is 0 Å². The summed E-state index contributed by atoms with van der Waals surface area (Å²) in [6, 6.07) is 8.55. The van der Waals surface area contributed by atoms with Crippen molar-refractivity contribution in [3.63, 3.8) is 0 Å². The third-order valence-corrected chi connectivity index (χ3v) is 3.35. The number of hydrogen-bond acceptors (Lipinski definition) is 2. The second-order valence-electron chi connectivity index (χ2n) is 4.57. The van der Waals surface area contributed by atoms with Crippen molar-refractivity contribution in [2.24, 2.45) is 0 Å². The van der Waals surface area contributed by atoms with Crippen molar-refractivity contribution in [1.82, 2.24) is 4.90 Å². The van der Waals surface area contributed by atoms with E-state index in [2.05, 4.69) is 25.8 Å². The van der Waals surface area contributed by atoms with Gasteiger partial charge in [-0.2, -0.15) is 0 Å². The Kier molecular flexibility index (Phi) is 4.97. The Morgan fingerprint density at radius 2 is 1.94 bits per heavy atom. The summed E-state index contributed by atoms with van der Waals surface area (Å²) in [7, 11) is 2.07. The maximum atomic E-state index is 10.2. The molecule has 2 nitrogen and oxygen atoms in total. The molecule has 16 heavy (non-hydrogen) atoms. The van der Waals surface area contributed by atoms with Gasteiger partial charge in [-0.1, -0.05) is 31.2 Å². The normalized spacial score (nSPS) is 15.1. The summed E-state index contributed by atoms with van der Waals surface area (Å²) in [6.07, 6.45) is 0.719. The molecule has 0 aliphatic heterocycles. The number of aryl methyl sites for hydroxylation is 1. The Balaban J connectivity index is 2.65. The monoisotopic (exact) mass is 221 g/mol. The standard InChI is InChI=1S/C14H23NO/c1-5-12(3)15(4)10-14(16)13-9-7-6-8-11(13)2/h6-9,12,14,16H,5,10H2,1-4H3. The van der Waals surface area contributed by atoms with Crippen LogP contribution in [0.2, 0.25) is 0 Å².